The van der Waals surface area contributed by atoms with Crippen LogP contribution in [0.25, 0.3) is 0 Å². The van der Waals surface area contributed by atoms with E-state index < -0.39 is 18.3 Å². The summed E-state index contributed by atoms with van der Waals surface area (Å²) in [5.41, 5.74) is 0.0781. The molecule has 3 rings (SSSR count). The normalized spacial score (nSPS) is 24.3. The molecule has 1 saturated carbocycles. The molecular formula is C20H27F3N2O2. The summed E-state index contributed by atoms with van der Waals surface area (Å²) in [6, 6.07) is 4.30. The van der Waals surface area contributed by atoms with E-state index in [1.807, 2.05) is 4.90 Å². The molecule has 1 aromatic rings. The molecule has 1 heterocycles. The summed E-state index contributed by atoms with van der Waals surface area (Å²) in [5.74, 6) is 0.262. The summed E-state index contributed by atoms with van der Waals surface area (Å²) in [6.07, 6.45) is 2.01. The molecule has 1 aliphatic carbocycles. The number of aliphatic hydroxyl groups is 1. The molecule has 27 heavy (non-hydrogen) atoms. The maximum Gasteiger partial charge on any atom is 0.416 e. The number of carbonyl (C=O) groups excluding carboxylic acids is 1. The SMILES string of the molecule is O=C1CCCCN1C1CCC(NCc2cc(CO)cc(C(F)(F)F)c2)CC1. The van der Waals surface area contributed by atoms with Gasteiger partial charge in [-0.3, -0.25) is 4.79 Å². The second kappa shape index (κ2) is 8.61. The van der Waals surface area contributed by atoms with Crippen molar-refractivity contribution in [2.24, 2.45) is 0 Å². The number of nitrogens with one attached hydrogen (secondary N) is 1. The molecule has 0 aromatic heterocycles. The van der Waals surface area contributed by atoms with Gasteiger partial charge in [0.25, 0.3) is 0 Å². The standard InChI is InChI=1S/C20H27F3N2O2/c21-20(22,23)16-10-14(9-15(11-16)13-26)12-24-17-4-6-18(7-5-17)25-8-2-1-3-19(25)27/h9-11,17-18,24,26H,1-8,12-13H2. The molecule has 1 saturated heterocycles. The van der Waals surface area contributed by atoms with Crippen molar-refractivity contribution in [3.05, 3.63) is 34.9 Å². The lowest BCUT2D eigenvalue weighted by atomic mass is 9.89. The largest absolute Gasteiger partial charge is 0.416 e. The van der Waals surface area contributed by atoms with Crippen LogP contribution < -0.4 is 5.32 Å². The third-order valence-electron chi connectivity index (χ3n) is 5.65. The zero-order valence-electron chi connectivity index (χ0n) is 15.4. The summed E-state index contributed by atoms with van der Waals surface area (Å²) in [5, 5.41) is 12.6. The fourth-order valence-corrected chi connectivity index (χ4v) is 4.19. The number of piperidine rings is 1. The van der Waals surface area contributed by atoms with Crippen LogP contribution in [-0.4, -0.2) is 34.5 Å². The van der Waals surface area contributed by atoms with Gasteiger partial charge in [0.1, 0.15) is 0 Å². The molecule has 0 spiro atoms. The molecule has 150 valence electrons. The first-order valence-electron chi connectivity index (χ1n) is 9.70. The van der Waals surface area contributed by atoms with Gasteiger partial charge in [-0.25, -0.2) is 0 Å². The molecule has 2 fully saturated rings. The maximum absolute atomic E-state index is 13.0. The van der Waals surface area contributed by atoms with Crippen molar-refractivity contribution in [3.8, 4) is 0 Å². The number of halogens is 3. The van der Waals surface area contributed by atoms with Gasteiger partial charge in [0.05, 0.1) is 12.2 Å². The Hall–Kier alpha value is -1.60. The average Bonchev–Trinajstić information content (AvgIpc) is 2.66. The Morgan fingerprint density at radius 3 is 2.41 bits per heavy atom. The number of aliphatic hydroxyl groups excluding tert-OH is 1. The minimum atomic E-state index is -4.42. The summed E-state index contributed by atoms with van der Waals surface area (Å²) in [7, 11) is 0. The molecule has 0 unspecified atom stereocenters. The summed E-state index contributed by atoms with van der Waals surface area (Å²) < 4.78 is 39.0. The number of carbonyl (C=O) groups is 1. The Morgan fingerprint density at radius 1 is 1.07 bits per heavy atom. The Morgan fingerprint density at radius 2 is 1.78 bits per heavy atom. The number of benzene rings is 1. The molecule has 0 atom stereocenters. The van der Waals surface area contributed by atoms with Gasteiger partial charge < -0.3 is 15.3 Å². The zero-order valence-corrected chi connectivity index (χ0v) is 15.4. The molecule has 1 aromatic carbocycles. The van der Waals surface area contributed by atoms with Crippen molar-refractivity contribution in [2.75, 3.05) is 6.54 Å². The van der Waals surface area contributed by atoms with E-state index in [0.29, 0.717) is 24.6 Å². The quantitative estimate of drug-likeness (QED) is 0.816. The van der Waals surface area contributed by atoms with Gasteiger partial charge in [-0.2, -0.15) is 13.2 Å². The number of likely N-dealkylation sites (tertiary alicyclic amines) is 1. The van der Waals surface area contributed by atoms with Crippen LogP contribution in [0.2, 0.25) is 0 Å². The predicted molar refractivity (Wildman–Crippen MR) is 95.8 cm³/mol. The molecule has 1 aliphatic heterocycles. The number of hydrogen-bond donors (Lipinski definition) is 2. The van der Waals surface area contributed by atoms with E-state index >= 15 is 0 Å². The van der Waals surface area contributed by atoms with E-state index in [1.54, 1.807) is 6.07 Å². The first-order chi connectivity index (χ1) is 12.9. The Kier molecular flexibility index (Phi) is 6.42. The van der Waals surface area contributed by atoms with E-state index in [4.69, 9.17) is 0 Å². The van der Waals surface area contributed by atoms with Gasteiger partial charge in [0.15, 0.2) is 0 Å². The molecule has 4 nitrogen and oxygen atoms in total. The number of rotatable bonds is 5. The van der Waals surface area contributed by atoms with Crippen LogP contribution in [0.1, 0.15) is 61.6 Å². The zero-order chi connectivity index (χ0) is 19.4. The van der Waals surface area contributed by atoms with Gasteiger partial charge in [0, 0.05) is 31.6 Å². The van der Waals surface area contributed by atoms with Crippen molar-refractivity contribution in [1.82, 2.24) is 10.2 Å². The Balaban J connectivity index is 1.53. The van der Waals surface area contributed by atoms with Gasteiger partial charge in [-0.1, -0.05) is 6.07 Å². The molecular weight excluding hydrogens is 357 g/mol. The highest BCUT2D eigenvalue weighted by molar-refractivity contribution is 5.77. The van der Waals surface area contributed by atoms with E-state index in [-0.39, 0.29) is 17.5 Å². The molecule has 2 aliphatic rings. The fourth-order valence-electron chi connectivity index (χ4n) is 4.19. The summed E-state index contributed by atoms with van der Waals surface area (Å²) >= 11 is 0. The minimum absolute atomic E-state index is 0.244. The second-order valence-corrected chi connectivity index (χ2v) is 7.62. The second-order valence-electron chi connectivity index (χ2n) is 7.62. The number of hydrogen-bond acceptors (Lipinski definition) is 3. The maximum atomic E-state index is 13.0. The highest BCUT2D eigenvalue weighted by Crippen LogP contribution is 2.31. The van der Waals surface area contributed by atoms with Crippen molar-refractivity contribution < 1.29 is 23.1 Å². The Bertz CT molecular complexity index is 655. The van der Waals surface area contributed by atoms with Crippen LogP contribution in [0.3, 0.4) is 0 Å². The monoisotopic (exact) mass is 384 g/mol. The van der Waals surface area contributed by atoms with Crippen LogP contribution >= 0.6 is 0 Å². The Labute approximate surface area is 157 Å². The minimum Gasteiger partial charge on any atom is -0.392 e. The van der Waals surface area contributed by atoms with Crippen LogP contribution in [-0.2, 0) is 24.1 Å². The summed E-state index contributed by atoms with van der Waals surface area (Å²) in [4.78, 5) is 14.1. The highest BCUT2D eigenvalue weighted by Gasteiger charge is 2.32. The highest BCUT2D eigenvalue weighted by atomic mass is 19.4. The molecule has 7 heteroatoms. The lowest BCUT2D eigenvalue weighted by molar-refractivity contribution is -0.138. The van der Waals surface area contributed by atoms with E-state index in [1.165, 1.54) is 0 Å². The topological polar surface area (TPSA) is 52.6 Å². The van der Waals surface area contributed by atoms with Crippen LogP contribution in [0.4, 0.5) is 13.2 Å². The summed E-state index contributed by atoms with van der Waals surface area (Å²) in [6.45, 7) is 0.788. The lowest BCUT2D eigenvalue weighted by Gasteiger charge is -2.39. The number of nitrogens with zero attached hydrogens (tertiary/aromatic N) is 1. The van der Waals surface area contributed by atoms with Gasteiger partial charge in [-0.05, 0) is 61.8 Å². The molecule has 0 radical (unpaired) electrons. The van der Waals surface area contributed by atoms with E-state index in [2.05, 4.69) is 5.32 Å². The van der Waals surface area contributed by atoms with Crippen molar-refractivity contribution in [1.29, 1.82) is 0 Å². The first kappa shape index (κ1) is 20.1. The number of alkyl halides is 3. The van der Waals surface area contributed by atoms with Crippen LogP contribution in [0.15, 0.2) is 18.2 Å². The molecule has 2 N–H and O–H groups in total. The van der Waals surface area contributed by atoms with Gasteiger partial charge in [-0.15, -0.1) is 0 Å². The van der Waals surface area contributed by atoms with Crippen LogP contribution in [0, 0.1) is 0 Å². The fraction of sp³-hybridized carbons (Fsp3) is 0.650. The number of amides is 1. The van der Waals surface area contributed by atoms with Gasteiger partial charge in [0.2, 0.25) is 5.91 Å². The predicted octanol–water partition coefficient (Wildman–Crippen LogP) is 3.61. The molecule has 1 amide bonds. The smallest absolute Gasteiger partial charge is 0.392 e. The van der Waals surface area contributed by atoms with Gasteiger partial charge >= 0.3 is 6.18 Å². The van der Waals surface area contributed by atoms with Crippen LogP contribution in [0.5, 0.6) is 0 Å². The third kappa shape index (κ3) is 5.23. The van der Waals surface area contributed by atoms with Crippen molar-refractivity contribution in [3.63, 3.8) is 0 Å². The average molecular weight is 384 g/mol. The van der Waals surface area contributed by atoms with E-state index in [0.717, 1.165) is 57.2 Å². The third-order valence-corrected chi connectivity index (χ3v) is 5.65. The van der Waals surface area contributed by atoms with Crippen molar-refractivity contribution in [2.45, 2.75) is 76.4 Å². The first-order valence-corrected chi connectivity index (χ1v) is 9.70. The van der Waals surface area contributed by atoms with Crippen molar-refractivity contribution >= 4 is 5.91 Å². The van der Waals surface area contributed by atoms with E-state index in [9.17, 15) is 23.1 Å². The molecule has 0 bridgehead atoms. The lowest BCUT2D eigenvalue weighted by Crippen LogP contribution is -2.47.